The van der Waals surface area contributed by atoms with E-state index in [2.05, 4.69) is 20.8 Å². The molecule has 0 bridgehead atoms. The van der Waals surface area contributed by atoms with E-state index in [-0.39, 0.29) is 25.6 Å². The molecule has 1 aromatic heterocycles. The van der Waals surface area contributed by atoms with Crippen molar-refractivity contribution in [2.45, 2.75) is 12.6 Å². The van der Waals surface area contributed by atoms with Gasteiger partial charge < -0.3 is 15.5 Å². The summed E-state index contributed by atoms with van der Waals surface area (Å²) in [6.45, 7) is -0.381. The van der Waals surface area contributed by atoms with E-state index in [1.807, 2.05) is 0 Å². The van der Waals surface area contributed by atoms with Gasteiger partial charge in [-0.3, -0.25) is 4.79 Å². The molecule has 8 heteroatoms. The van der Waals surface area contributed by atoms with Crippen molar-refractivity contribution in [3.63, 3.8) is 0 Å². The highest BCUT2D eigenvalue weighted by Crippen LogP contribution is 1.80. The number of carbonyl (C=O) groups is 1. The predicted octanol–water partition coefficient (Wildman–Crippen LogP) is -2.86. The number of carbonyl (C=O) groups excluding carboxylic acids is 1. The van der Waals surface area contributed by atoms with Crippen molar-refractivity contribution in [3.05, 3.63) is 6.33 Å². The molecule has 0 radical (unpaired) electrons. The highest BCUT2D eigenvalue weighted by atomic mass is 16.3. The molecule has 78 valence electrons. The van der Waals surface area contributed by atoms with E-state index in [1.165, 1.54) is 11.0 Å². The Morgan fingerprint density at radius 1 is 1.64 bits per heavy atom. The molecule has 0 aromatic carbocycles. The zero-order valence-electron chi connectivity index (χ0n) is 7.37. The topological polar surface area (TPSA) is 113 Å². The highest BCUT2D eigenvalue weighted by Gasteiger charge is 2.06. The molecule has 1 unspecified atom stereocenters. The van der Waals surface area contributed by atoms with E-state index in [0.29, 0.717) is 0 Å². The molecule has 0 aliphatic carbocycles. The maximum absolute atomic E-state index is 11.1. The Morgan fingerprint density at radius 3 is 3.00 bits per heavy atom. The summed E-state index contributed by atoms with van der Waals surface area (Å²) in [5.74, 6) is -0.329. The number of aliphatic hydroxyl groups is 2. The number of nitrogens with one attached hydrogen (secondary N) is 1. The lowest BCUT2D eigenvalue weighted by atomic mass is 10.4. The summed E-state index contributed by atoms with van der Waals surface area (Å²) in [5.41, 5.74) is 0. The van der Waals surface area contributed by atoms with Gasteiger partial charge >= 0.3 is 0 Å². The maximum atomic E-state index is 11.1. The van der Waals surface area contributed by atoms with Gasteiger partial charge in [-0.1, -0.05) is 0 Å². The van der Waals surface area contributed by atoms with E-state index < -0.39 is 6.10 Å². The van der Waals surface area contributed by atoms with Gasteiger partial charge in [0.05, 0.1) is 12.7 Å². The van der Waals surface area contributed by atoms with Crippen LogP contribution in [0.15, 0.2) is 6.33 Å². The molecule has 14 heavy (non-hydrogen) atoms. The summed E-state index contributed by atoms with van der Waals surface area (Å²) >= 11 is 0. The molecule has 0 saturated heterocycles. The first-order chi connectivity index (χ1) is 6.72. The minimum Gasteiger partial charge on any atom is -0.394 e. The number of tetrazole rings is 1. The van der Waals surface area contributed by atoms with Gasteiger partial charge in [-0.15, -0.1) is 5.10 Å². The number of aromatic nitrogens is 4. The second-order valence-corrected chi connectivity index (χ2v) is 2.65. The fourth-order valence-corrected chi connectivity index (χ4v) is 0.752. The van der Waals surface area contributed by atoms with Gasteiger partial charge in [-0.2, -0.15) is 0 Å². The summed E-state index contributed by atoms with van der Waals surface area (Å²) in [5, 5.41) is 30.0. The fourth-order valence-electron chi connectivity index (χ4n) is 0.752. The van der Waals surface area contributed by atoms with Crippen LogP contribution in [0.1, 0.15) is 0 Å². The number of hydrogen-bond acceptors (Lipinski definition) is 6. The molecular formula is C6H11N5O3. The van der Waals surface area contributed by atoms with Crippen molar-refractivity contribution in [1.29, 1.82) is 0 Å². The van der Waals surface area contributed by atoms with Crippen LogP contribution in [-0.2, 0) is 11.3 Å². The van der Waals surface area contributed by atoms with E-state index in [9.17, 15) is 4.79 Å². The van der Waals surface area contributed by atoms with Gasteiger partial charge in [0.15, 0.2) is 0 Å². The van der Waals surface area contributed by atoms with Crippen molar-refractivity contribution in [1.82, 2.24) is 25.5 Å². The average molecular weight is 201 g/mol. The Labute approximate surface area is 79.5 Å². The molecule has 0 fully saturated rings. The molecule has 0 aliphatic heterocycles. The van der Waals surface area contributed by atoms with Crippen LogP contribution in [0, 0.1) is 0 Å². The molecule has 1 rings (SSSR count). The van der Waals surface area contributed by atoms with Gasteiger partial charge in [0.2, 0.25) is 5.91 Å². The van der Waals surface area contributed by atoms with Crippen molar-refractivity contribution in [2.24, 2.45) is 0 Å². The first kappa shape index (κ1) is 10.5. The second kappa shape index (κ2) is 5.25. The van der Waals surface area contributed by atoms with Crippen molar-refractivity contribution in [3.8, 4) is 0 Å². The summed E-state index contributed by atoms with van der Waals surface area (Å²) in [6, 6.07) is 0. The van der Waals surface area contributed by atoms with Gasteiger partial charge in [0.25, 0.3) is 0 Å². The largest absolute Gasteiger partial charge is 0.394 e. The van der Waals surface area contributed by atoms with Crippen LogP contribution in [0.2, 0.25) is 0 Å². The van der Waals surface area contributed by atoms with Gasteiger partial charge in [-0.25, -0.2) is 4.68 Å². The monoisotopic (exact) mass is 201 g/mol. The zero-order valence-corrected chi connectivity index (χ0v) is 7.37. The first-order valence-electron chi connectivity index (χ1n) is 3.98. The third-order valence-corrected chi connectivity index (χ3v) is 1.44. The Kier molecular flexibility index (Phi) is 3.95. The number of rotatable bonds is 5. The molecule has 8 nitrogen and oxygen atoms in total. The first-order valence-corrected chi connectivity index (χ1v) is 3.98. The molecular weight excluding hydrogens is 190 g/mol. The minimum atomic E-state index is -0.937. The van der Waals surface area contributed by atoms with Gasteiger partial charge in [-0.05, 0) is 10.4 Å². The van der Waals surface area contributed by atoms with Crippen LogP contribution < -0.4 is 5.32 Å². The number of aliphatic hydroxyl groups excluding tert-OH is 2. The lowest BCUT2D eigenvalue weighted by molar-refractivity contribution is -0.122. The molecule has 3 N–H and O–H groups in total. The van der Waals surface area contributed by atoms with Crippen LogP contribution in [-0.4, -0.2) is 55.6 Å². The van der Waals surface area contributed by atoms with E-state index in [0.717, 1.165) is 0 Å². The molecule has 1 heterocycles. The average Bonchev–Trinajstić information content (AvgIpc) is 2.66. The normalized spacial score (nSPS) is 12.4. The van der Waals surface area contributed by atoms with Crippen molar-refractivity contribution >= 4 is 5.91 Å². The van der Waals surface area contributed by atoms with Crippen LogP contribution in [0.5, 0.6) is 0 Å². The number of amides is 1. The van der Waals surface area contributed by atoms with E-state index in [1.54, 1.807) is 0 Å². The summed E-state index contributed by atoms with van der Waals surface area (Å²) in [6.07, 6.45) is 0.370. The molecule has 1 amide bonds. The molecule has 0 saturated carbocycles. The fraction of sp³-hybridized carbons (Fsp3) is 0.667. The van der Waals surface area contributed by atoms with E-state index in [4.69, 9.17) is 10.2 Å². The highest BCUT2D eigenvalue weighted by molar-refractivity contribution is 5.75. The minimum absolute atomic E-state index is 0.00878. The number of nitrogens with zero attached hydrogens (tertiary/aromatic N) is 4. The molecule has 0 spiro atoms. The smallest absolute Gasteiger partial charge is 0.241 e. The van der Waals surface area contributed by atoms with Crippen LogP contribution >= 0.6 is 0 Å². The van der Waals surface area contributed by atoms with Gasteiger partial charge in [0.1, 0.15) is 12.9 Å². The van der Waals surface area contributed by atoms with Crippen molar-refractivity contribution in [2.75, 3.05) is 13.2 Å². The molecule has 1 atom stereocenters. The lowest BCUT2D eigenvalue weighted by Gasteiger charge is -2.08. The molecule has 1 aromatic rings. The standard InChI is InChI=1S/C6H11N5O3/c12-3-5(13)1-7-6(14)2-11-4-8-9-10-11/h4-5,12-13H,1-3H2,(H,7,14). The van der Waals surface area contributed by atoms with Crippen LogP contribution in [0.4, 0.5) is 0 Å². The third-order valence-electron chi connectivity index (χ3n) is 1.44. The Bertz CT molecular complexity index is 275. The predicted molar refractivity (Wildman–Crippen MR) is 43.9 cm³/mol. The SMILES string of the molecule is O=C(Cn1cnnn1)NCC(O)CO. The lowest BCUT2D eigenvalue weighted by Crippen LogP contribution is -2.35. The zero-order chi connectivity index (χ0) is 10.4. The van der Waals surface area contributed by atoms with E-state index >= 15 is 0 Å². The summed E-state index contributed by atoms with van der Waals surface area (Å²) in [7, 11) is 0. The second-order valence-electron chi connectivity index (χ2n) is 2.65. The molecule has 0 aliphatic rings. The van der Waals surface area contributed by atoms with Crippen LogP contribution in [0.3, 0.4) is 0 Å². The third kappa shape index (κ3) is 3.46. The quantitative estimate of drug-likeness (QED) is 0.472. The van der Waals surface area contributed by atoms with Crippen molar-refractivity contribution < 1.29 is 15.0 Å². The van der Waals surface area contributed by atoms with Crippen LogP contribution in [0.25, 0.3) is 0 Å². The Balaban J connectivity index is 2.23. The Hall–Kier alpha value is -1.54. The maximum Gasteiger partial charge on any atom is 0.241 e. The summed E-state index contributed by atoms with van der Waals surface area (Å²) < 4.78 is 1.25. The Morgan fingerprint density at radius 2 is 2.43 bits per heavy atom. The van der Waals surface area contributed by atoms with Gasteiger partial charge in [0, 0.05) is 6.54 Å². The number of hydrogen-bond donors (Lipinski definition) is 3. The summed E-state index contributed by atoms with van der Waals surface area (Å²) in [4.78, 5) is 11.1.